The Bertz CT molecular complexity index is 1490. The average molecular weight is 472 g/mol. The minimum absolute atomic E-state index is 0.00937. The number of fused-ring (bicyclic) bond motifs is 1. The number of benzene rings is 3. The van der Waals surface area contributed by atoms with Gasteiger partial charge >= 0.3 is 10.1 Å². The van der Waals surface area contributed by atoms with Crippen LogP contribution in [-0.4, -0.2) is 16.8 Å². The molecule has 32 heavy (non-hydrogen) atoms. The third kappa shape index (κ3) is 4.55. The summed E-state index contributed by atoms with van der Waals surface area (Å²) in [6, 6.07) is 19.0. The second-order valence-corrected chi connectivity index (χ2v) is 10.6. The monoisotopic (exact) mass is 471 g/mol. The van der Waals surface area contributed by atoms with Crippen molar-refractivity contribution >= 4 is 30.9 Å². The molecule has 0 amide bonds. The van der Waals surface area contributed by atoms with Crippen LogP contribution in [0.5, 0.6) is 5.75 Å². The van der Waals surface area contributed by atoms with E-state index in [1.54, 1.807) is 55.5 Å². The Morgan fingerprint density at radius 3 is 2.19 bits per heavy atom. The van der Waals surface area contributed by atoms with Crippen molar-refractivity contribution in [2.24, 2.45) is 0 Å². The van der Waals surface area contributed by atoms with E-state index in [0.29, 0.717) is 22.3 Å². The Morgan fingerprint density at radius 1 is 0.812 bits per heavy atom. The lowest BCUT2D eigenvalue weighted by Crippen LogP contribution is -2.23. The smallest absolute Gasteiger partial charge is 0.339 e. The van der Waals surface area contributed by atoms with E-state index in [0.717, 1.165) is 5.56 Å². The largest absolute Gasteiger partial charge is 0.465 e. The number of hydrogen-bond donors (Lipinski definition) is 1. The van der Waals surface area contributed by atoms with Crippen LogP contribution < -0.4 is 8.91 Å². The van der Waals surface area contributed by atoms with Crippen molar-refractivity contribution in [1.82, 2.24) is 4.72 Å². The summed E-state index contributed by atoms with van der Waals surface area (Å²) in [5, 5.41) is 0.701. The lowest BCUT2D eigenvalue weighted by atomic mass is 10.1. The van der Waals surface area contributed by atoms with Crippen molar-refractivity contribution < 1.29 is 25.4 Å². The van der Waals surface area contributed by atoms with Crippen LogP contribution in [0.15, 0.2) is 87.0 Å². The molecule has 4 rings (SSSR count). The van der Waals surface area contributed by atoms with E-state index in [2.05, 4.69) is 4.72 Å². The summed E-state index contributed by atoms with van der Waals surface area (Å²) in [5.41, 5.74) is 0.918. The van der Waals surface area contributed by atoms with Gasteiger partial charge in [0.2, 0.25) is 10.0 Å². The number of sulfonamides is 1. The molecular weight excluding hydrogens is 450 g/mol. The summed E-state index contributed by atoms with van der Waals surface area (Å²) in [7, 11) is -8.00. The average Bonchev–Trinajstić information content (AvgIpc) is 3.17. The summed E-state index contributed by atoms with van der Waals surface area (Å²) in [5.74, 6) is 1.21. The van der Waals surface area contributed by atoms with E-state index < -0.39 is 20.1 Å². The molecule has 0 aliphatic carbocycles. The predicted molar refractivity (Wildman–Crippen MR) is 120 cm³/mol. The van der Waals surface area contributed by atoms with E-state index in [9.17, 15) is 16.8 Å². The molecule has 1 aromatic heterocycles. The van der Waals surface area contributed by atoms with Gasteiger partial charge in [-0.1, -0.05) is 42.0 Å². The van der Waals surface area contributed by atoms with Crippen LogP contribution in [0.3, 0.4) is 0 Å². The maximum atomic E-state index is 13.0. The van der Waals surface area contributed by atoms with E-state index in [1.807, 2.05) is 6.92 Å². The molecule has 1 N–H and O–H groups in total. The van der Waals surface area contributed by atoms with Crippen molar-refractivity contribution in [3.8, 4) is 5.75 Å². The van der Waals surface area contributed by atoms with Crippen molar-refractivity contribution in [1.29, 1.82) is 0 Å². The molecule has 7 nitrogen and oxygen atoms in total. The first-order chi connectivity index (χ1) is 15.2. The SMILES string of the molecule is Cc1ccc(S(=O)(=O)Oc2cccc3c(S(=O)(=O)NCc4ccc(C)o4)cccc23)cc1. The highest BCUT2D eigenvalue weighted by Gasteiger charge is 2.22. The molecule has 0 saturated heterocycles. The molecule has 0 unspecified atom stereocenters. The maximum absolute atomic E-state index is 13.0. The number of aryl methyl sites for hydroxylation is 2. The molecule has 0 aliphatic rings. The highest BCUT2D eigenvalue weighted by molar-refractivity contribution is 7.89. The molecule has 0 atom stereocenters. The lowest BCUT2D eigenvalue weighted by molar-refractivity contribution is 0.475. The first-order valence-electron chi connectivity index (χ1n) is 9.74. The molecule has 4 aromatic rings. The minimum atomic E-state index is -4.09. The van der Waals surface area contributed by atoms with Gasteiger partial charge < -0.3 is 8.60 Å². The molecule has 0 aliphatic heterocycles. The number of hydrogen-bond acceptors (Lipinski definition) is 6. The van der Waals surface area contributed by atoms with Gasteiger partial charge in [0.25, 0.3) is 0 Å². The van der Waals surface area contributed by atoms with Crippen molar-refractivity contribution in [2.45, 2.75) is 30.2 Å². The molecule has 9 heteroatoms. The molecule has 0 bridgehead atoms. The zero-order valence-corrected chi connectivity index (χ0v) is 19.0. The second kappa shape index (κ2) is 8.42. The van der Waals surface area contributed by atoms with Crippen molar-refractivity contribution in [3.63, 3.8) is 0 Å². The summed E-state index contributed by atoms with van der Waals surface area (Å²) < 4.78 is 64.7. The normalized spacial score (nSPS) is 12.2. The van der Waals surface area contributed by atoms with Gasteiger partial charge in [-0.05, 0) is 50.2 Å². The zero-order valence-electron chi connectivity index (χ0n) is 17.4. The topological polar surface area (TPSA) is 103 Å². The summed E-state index contributed by atoms with van der Waals surface area (Å²) in [6.45, 7) is 3.62. The number of rotatable bonds is 7. The summed E-state index contributed by atoms with van der Waals surface area (Å²) in [6.07, 6.45) is 0. The predicted octanol–water partition coefficient (Wildman–Crippen LogP) is 4.30. The van der Waals surface area contributed by atoms with Crippen LogP contribution in [0.1, 0.15) is 17.1 Å². The van der Waals surface area contributed by atoms with Crippen molar-refractivity contribution in [2.75, 3.05) is 0 Å². The highest BCUT2D eigenvalue weighted by atomic mass is 32.2. The number of furan rings is 1. The standard InChI is InChI=1S/C23H21NO6S2/c1-16-9-13-19(14-10-16)32(27,28)30-22-7-3-6-21-20(22)5-4-8-23(21)31(25,26)24-15-18-12-11-17(2)29-18/h3-14,24H,15H2,1-2H3. The fourth-order valence-electron chi connectivity index (χ4n) is 3.25. The Kier molecular flexibility index (Phi) is 5.81. The molecule has 166 valence electrons. The lowest BCUT2D eigenvalue weighted by Gasteiger charge is -2.13. The quantitative estimate of drug-likeness (QED) is 0.403. The number of nitrogens with one attached hydrogen (secondary N) is 1. The van der Waals surface area contributed by atoms with Gasteiger partial charge in [-0.25, -0.2) is 13.1 Å². The highest BCUT2D eigenvalue weighted by Crippen LogP contribution is 2.32. The third-order valence-electron chi connectivity index (χ3n) is 4.87. The Morgan fingerprint density at radius 2 is 1.50 bits per heavy atom. The van der Waals surface area contributed by atoms with Crippen molar-refractivity contribution in [3.05, 3.63) is 89.9 Å². The Hall–Kier alpha value is -3.14. The fourth-order valence-corrected chi connectivity index (χ4v) is 5.41. The van der Waals surface area contributed by atoms with Gasteiger partial charge in [-0.15, -0.1) is 0 Å². The molecule has 0 spiro atoms. The van der Waals surface area contributed by atoms with Gasteiger partial charge in [0.05, 0.1) is 11.4 Å². The molecule has 3 aromatic carbocycles. The van der Waals surface area contributed by atoms with Gasteiger partial charge in [0.15, 0.2) is 5.75 Å². The van der Waals surface area contributed by atoms with Crippen LogP contribution in [0.2, 0.25) is 0 Å². The Labute approximate surface area is 186 Å². The van der Waals surface area contributed by atoms with Crippen LogP contribution >= 0.6 is 0 Å². The van der Waals surface area contributed by atoms with E-state index >= 15 is 0 Å². The van der Waals surface area contributed by atoms with E-state index in [4.69, 9.17) is 8.60 Å². The van der Waals surface area contributed by atoms with Gasteiger partial charge in [0, 0.05) is 10.8 Å². The molecule has 0 fully saturated rings. The first kappa shape index (κ1) is 22.1. The van der Waals surface area contributed by atoms with Gasteiger partial charge in [-0.3, -0.25) is 0 Å². The van der Waals surface area contributed by atoms with E-state index in [1.165, 1.54) is 24.3 Å². The van der Waals surface area contributed by atoms with Crippen LogP contribution in [0, 0.1) is 13.8 Å². The second-order valence-electron chi connectivity index (χ2n) is 7.29. The van der Waals surface area contributed by atoms with E-state index in [-0.39, 0.29) is 22.1 Å². The van der Waals surface area contributed by atoms with Crippen LogP contribution in [0.25, 0.3) is 10.8 Å². The zero-order chi connectivity index (χ0) is 22.9. The van der Waals surface area contributed by atoms with Gasteiger partial charge in [-0.2, -0.15) is 8.42 Å². The summed E-state index contributed by atoms with van der Waals surface area (Å²) in [4.78, 5) is 0.0238. The summed E-state index contributed by atoms with van der Waals surface area (Å²) >= 11 is 0. The van der Waals surface area contributed by atoms with Crippen LogP contribution in [-0.2, 0) is 26.7 Å². The molecule has 0 saturated carbocycles. The molecule has 1 heterocycles. The maximum Gasteiger partial charge on any atom is 0.339 e. The fraction of sp³-hybridized carbons (Fsp3) is 0.130. The van der Waals surface area contributed by atoms with Gasteiger partial charge in [0.1, 0.15) is 16.4 Å². The van der Waals surface area contributed by atoms with Crippen LogP contribution in [0.4, 0.5) is 0 Å². The molecular formula is C23H21NO6S2. The Balaban J connectivity index is 1.69. The third-order valence-corrected chi connectivity index (χ3v) is 7.58. The minimum Gasteiger partial charge on any atom is -0.465 e. The molecule has 0 radical (unpaired) electrons. The first-order valence-corrected chi connectivity index (χ1v) is 12.6.